The van der Waals surface area contributed by atoms with Crippen LogP contribution in [-0.4, -0.2) is 20.4 Å². The van der Waals surface area contributed by atoms with E-state index >= 15 is 0 Å². The molecule has 0 atom stereocenters. The van der Waals surface area contributed by atoms with Crippen molar-refractivity contribution in [1.82, 2.24) is 4.72 Å². The molecule has 0 aliphatic heterocycles. The molecular formula is C21H25FN2O3S. The van der Waals surface area contributed by atoms with Crippen molar-refractivity contribution >= 4 is 21.6 Å². The van der Waals surface area contributed by atoms with Crippen LogP contribution in [0.2, 0.25) is 0 Å². The maximum Gasteiger partial charge on any atom is 0.258 e. The Bertz CT molecular complexity index is 937. The van der Waals surface area contributed by atoms with E-state index in [0.717, 1.165) is 56.2 Å². The lowest BCUT2D eigenvalue weighted by Gasteiger charge is -2.22. The Labute approximate surface area is 165 Å². The van der Waals surface area contributed by atoms with Crippen LogP contribution in [0.1, 0.15) is 54.9 Å². The summed E-state index contributed by atoms with van der Waals surface area (Å²) in [6, 6.07) is 10.4. The largest absolute Gasteiger partial charge is 0.322 e. The Morgan fingerprint density at radius 2 is 1.75 bits per heavy atom. The van der Waals surface area contributed by atoms with E-state index in [0.29, 0.717) is 5.69 Å². The number of halogens is 1. The van der Waals surface area contributed by atoms with Crippen LogP contribution in [0.15, 0.2) is 47.4 Å². The average Bonchev–Trinajstić information content (AvgIpc) is 2.69. The van der Waals surface area contributed by atoms with Gasteiger partial charge in [0.1, 0.15) is 5.82 Å². The number of benzene rings is 2. The van der Waals surface area contributed by atoms with Gasteiger partial charge in [-0.3, -0.25) is 4.79 Å². The van der Waals surface area contributed by atoms with Crippen LogP contribution in [0.3, 0.4) is 0 Å². The van der Waals surface area contributed by atoms with Crippen molar-refractivity contribution in [2.24, 2.45) is 0 Å². The number of rotatable bonds is 6. The summed E-state index contributed by atoms with van der Waals surface area (Å²) in [5.41, 5.74) is 1.34. The Balaban J connectivity index is 1.78. The number of hydrogen-bond acceptors (Lipinski definition) is 3. The molecule has 2 aromatic rings. The molecule has 0 spiro atoms. The van der Waals surface area contributed by atoms with E-state index in [1.54, 1.807) is 12.1 Å². The van der Waals surface area contributed by atoms with E-state index in [1.165, 1.54) is 6.07 Å². The number of carbonyl (C=O) groups is 1. The smallest absolute Gasteiger partial charge is 0.258 e. The van der Waals surface area contributed by atoms with Crippen molar-refractivity contribution in [2.45, 2.75) is 56.4 Å². The lowest BCUT2D eigenvalue weighted by molar-refractivity contribution is 0.102. The van der Waals surface area contributed by atoms with Gasteiger partial charge < -0.3 is 5.32 Å². The summed E-state index contributed by atoms with van der Waals surface area (Å²) in [6.45, 7) is 2.02. The number of amides is 1. The quantitative estimate of drug-likeness (QED) is 0.756. The van der Waals surface area contributed by atoms with Crippen LogP contribution in [0.5, 0.6) is 0 Å². The maximum absolute atomic E-state index is 14.2. The molecule has 1 amide bonds. The number of anilines is 1. The summed E-state index contributed by atoms with van der Waals surface area (Å²) >= 11 is 0. The van der Waals surface area contributed by atoms with Crippen LogP contribution >= 0.6 is 0 Å². The molecule has 2 N–H and O–H groups in total. The number of sulfonamides is 1. The Hall–Kier alpha value is -2.25. The van der Waals surface area contributed by atoms with Crippen molar-refractivity contribution in [3.63, 3.8) is 0 Å². The van der Waals surface area contributed by atoms with Gasteiger partial charge in [-0.25, -0.2) is 17.5 Å². The molecule has 0 unspecified atom stereocenters. The minimum atomic E-state index is -3.81. The topological polar surface area (TPSA) is 75.3 Å². The standard InChI is InChI=1S/C21H25FN2O3S/c1-2-15-8-10-16(11-9-15)23-21(25)19-14-18(12-13-20(19)22)28(26,27)24-17-6-4-3-5-7-17/h8-14,17,24H,2-7H2,1H3,(H,23,25). The van der Waals surface area contributed by atoms with Gasteiger partial charge in [0.2, 0.25) is 10.0 Å². The monoisotopic (exact) mass is 404 g/mol. The summed E-state index contributed by atoms with van der Waals surface area (Å²) in [4.78, 5) is 12.4. The van der Waals surface area contributed by atoms with Gasteiger partial charge in [-0.15, -0.1) is 0 Å². The predicted octanol–water partition coefficient (Wildman–Crippen LogP) is 4.25. The zero-order valence-corrected chi connectivity index (χ0v) is 16.7. The zero-order chi connectivity index (χ0) is 20.1. The lowest BCUT2D eigenvalue weighted by Crippen LogP contribution is -2.36. The molecule has 0 aromatic heterocycles. The molecule has 0 bridgehead atoms. The Morgan fingerprint density at radius 1 is 1.07 bits per heavy atom. The highest BCUT2D eigenvalue weighted by Crippen LogP contribution is 2.22. The van der Waals surface area contributed by atoms with Gasteiger partial charge in [0.25, 0.3) is 5.91 Å². The first kappa shape index (κ1) is 20.5. The van der Waals surface area contributed by atoms with Crippen molar-refractivity contribution in [1.29, 1.82) is 0 Å². The third-order valence-corrected chi connectivity index (χ3v) is 6.56. The van der Waals surface area contributed by atoms with E-state index < -0.39 is 21.7 Å². The van der Waals surface area contributed by atoms with Gasteiger partial charge in [0.15, 0.2) is 0 Å². The molecule has 1 fully saturated rings. The fourth-order valence-corrected chi connectivity index (χ4v) is 4.71. The van der Waals surface area contributed by atoms with E-state index in [-0.39, 0.29) is 16.5 Å². The van der Waals surface area contributed by atoms with E-state index in [2.05, 4.69) is 10.0 Å². The van der Waals surface area contributed by atoms with Crippen molar-refractivity contribution in [3.05, 3.63) is 59.4 Å². The fraction of sp³-hybridized carbons (Fsp3) is 0.381. The number of carbonyl (C=O) groups excluding carboxylic acids is 1. The molecule has 2 aromatic carbocycles. The third kappa shape index (κ3) is 4.97. The third-order valence-electron chi connectivity index (χ3n) is 5.04. The molecule has 0 radical (unpaired) electrons. The van der Waals surface area contributed by atoms with E-state index in [1.807, 2.05) is 19.1 Å². The molecule has 0 heterocycles. The molecule has 1 aliphatic rings. The summed E-state index contributed by atoms with van der Waals surface area (Å²) in [5, 5.41) is 2.62. The maximum atomic E-state index is 14.2. The van der Waals surface area contributed by atoms with Crippen molar-refractivity contribution < 1.29 is 17.6 Å². The van der Waals surface area contributed by atoms with Gasteiger partial charge in [-0.05, 0) is 55.2 Å². The summed E-state index contributed by atoms with van der Waals surface area (Å²) in [6.07, 6.45) is 5.54. The zero-order valence-electron chi connectivity index (χ0n) is 15.9. The van der Waals surface area contributed by atoms with E-state index in [4.69, 9.17) is 0 Å². The Morgan fingerprint density at radius 3 is 2.39 bits per heavy atom. The number of hydrogen-bond donors (Lipinski definition) is 2. The lowest BCUT2D eigenvalue weighted by atomic mass is 9.96. The van der Waals surface area contributed by atoms with Crippen molar-refractivity contribution in [2.75, 3.05) is 5.32 Å². The van der Waals surface area contributed by atoms with Crippen LogP contribution in [0, 0.1) is 5.82 Å². The minimum Gasteiger partial charge on any atom is -0.322 e. The highest BCUT2D eigenvalue weighted by Gasteiger charge is 2.24. The van der Waals surface area contributed by atoms with Crippen LogP contribution in [-0.2, 0) is 16.4 Å². The highest BCUT2D eigenvalue weighted by atomic mass is 32.2. The van der Waals surface area contributed by atoms with Crippen molar-refractivity contribution in [3.8, 4) is 0 Å². The first-order valence-electron chi connectivity index (χ1n) is 9.61. The molecule has 150 valence electrons. The molecular weight excluding hydrogens is 379 g/mol. The fourth-order valence-electron chi connectivity index (χ4n) is 3.38. The number of aryl methyl sites for hydroxylation is 1. The van der Waals surface area contributed by atoms with Gasteiger partial charge in [-0.2, -0.15) is 0 Å². The van der Waals surface area contributed by atoms with Gasteiger partial charge in [0, 0.05) is 11.7 Å². The van der Waals surface area contributed by atoms with Gasteiger partial charge in [0.05, 0.1) is 10.5 Å². The minimum absolute atomic E-state index is 0.106. The predicted molar refractivity (Wildman–Crippen MR) is 107 cm³/mol. The van der Waals surface area contributed by atoms with E-state index in [9.17, 15) is 17.6 Å². The number of nitrogens with one attached hydrogen (secondary N) is 2. The molecule has 28 heavy (non-hydrogen) atoms. The Kier molecular flexibility index (Phi) is 6.46. The average molecular weight is 405 g/mol. The second-order valence-electron chi connectivity index (χ2n) is 7.10. The molecule has 1 saturated carbocycles. The summed E-state index contributed by atoms with van der Waals surface area (Å²) in [5.74, 6) is -1.45. The van der Waals surface area contributed by atoms with Gasteiger partial charge >= 0.3 is 0 Å². The first-order valence-corrected chi connectivity index (χ1v) is 11.1. The first-order chi connectivity index (χ1) is 13.4. The molecule has 0 saturated heterocycles. The SMILES string of the molecule is CCc1ccc(NC(=O)c2cc(S(=O)(=O)NC3CCCCC3)ccc2F)cc1. The molecule has 1 aliphatic carbocycles. The molecule has 5 nitrogen and oxygen atoms in total. The molecule has 3 rings (SSSR count). The second kappa shape index (κ2) is 8.84. The van der Waals surface area contributed by atoms with Gasteiger partial charge in [-0.1, -0.05) is 38.3 Å². The highest BCUT2D eigenvalue weighted by molar-refractivity contribution is 7.89. The normalized spacial score (nSPS) is 15.4. The summed E-state index contributed by atoms with van der Waals surface area (Å²) < 4.78 is 42.2. The van der Waals surface area contributed by atoms with Crippen LogP contribution in [0.25, 0.3) is 0 Å². The summed E-state index contributed by atoms with van der Waals surface area (Å²) in [7, 11) is -3.81. The van der Waals surface area contributed by atoms with Crippen LogP contribution in [0.4, 0.5) is 10.1 Å². The second-order valence-corrected chi connectivity index (χ2v) is 8.82. The molecule has 7 heteroatoms. The van der Waals surface area contributed by atoms with Crippen LogP contribution < -0.4 is 10.0 Å².